The van der Waals surface area contributed by atoms with Crippen LogP contribution in [-0.4, -0.2) is 36.0 Å². The molecule has 0 aromatic heterocycles. The van der Waals surface area contributed by atoms with E-state index in [9.17, 15) is 0 Å². The Kier molecular flexibility index (Phi) is 1.20. The van der Waals surface area contributed by atoms with E-state index in [0.717, 1.165) is 19.6 Å². The molecule has 2 heterocycles. The predicted molar refractivity (Wildman–Crippen MR) is 38.3 cm³/mol. The van der Waals surface area contributed by atoms with E-state index in [1.807, 2.05) is 6.92 Å². The van der Waals surface area contributed by atoms with Gasteiger partial charge in [0.25, 0.3) is 0 Å². The van der Waals surface area contributed by atoms with Crippen LogP contribution in [0.1, 0.15) is 13.3 Å². The standard InChI is InChI=1S/C7H12N2O/c1-5(8)9-3-7-2-6(9)4-10-7/h6-8H,2-4H2,1H3. The van der Waals surface area contributed by atoms with Gasteiger partial charge in [0.1, 0.15) is 0 Å². The van der Waals surface area contributed by atoms with E-state index >= 15 is 0 Å². The van der Waals surface area contributed by atoms with Gasteiger partial charge in [-0.25, -0.2) is 0 Å². The summed E-state index contributed by atoms with van der Waals surface area (Å²) in [6.45, 7) is 3.63. The Morgan fingerprint density at radius 1 is 1.70 bits per heavy atom. The third-order valence-corrected chi connectivity index (χ3v) is 2.33. The number of ether oxygens (including phenoxy) is 1. The maximum atomic E-state index is 7.42. The highest BCUT2D eigenvalue weighted by Crippen LogP contribution is 2.27. The van der Waals surface area contributed by atoms with Gasteiger partial charge >= 0.3 is 0 Å². The molecule has 10 heavy (non-hydrogen) atoms. The molecule has 56 valence electrons. The molecule has 2 aliphatic rings. The van der Waals surface area contributed by atoms with Gasteiger partial charge in [0.05, 0.1) is 24.6 Å². The number of rotatable bonds is 0. The molecule has 0 radical (unpaired) electrons. The highest BCUT2D eigenvalue weighted by atomic mass is 16.5. The zero-order valence-electron chi connectivity index (χ0n) is 6.13. The molecule has 1 N–H and O–H groups in total. The van der Waals surface area contributed by atoms with Crippen molar-refractivity contribution in [2.24, 2.45) is 0 Å². The molecule has 2 saturated heterocycles. The number of amidine groups is 1. The van der Waals surface area contributed by atoms with Crippen LogP contribution in [0.2, 0.25) is 0 Å². The Morgan fingerprint density at radius 3 is 2.80 bits per heavy atom. The fourth-order valence-corrected chi connectivity index (χ4v) is 1.81. The van der Waals surface area contributed by atoms with E-state index in [4.69, 9.17) is 10.1 Å². The first-order valence-electron chi connectivity index (χ1n) is 3.71. The van der Waals surface area contributed by atoms with Gasteiger partial charge in [-0.15, -0.1) is 0 Å². The normalized spacial score (nSPS) is 37.1. The molecule has 2 bridgehead atoms. The van der Waals surface area contributed by atoms with E-state index in [-0.39, 0.29) is 0 Å². The summed E-state index contributed by atoms with van der Waals surface area (Å²) in [5.74, 6) is 0.691. The lowest BCUT2D eigenvalue weighted by Gasteiger charge is -2.27. The van der Waals surface area contributed by atoms with E-state index in [1.165, 1.54) is 0 Å². The monoisotopic (exact) mass is 140 g/mol. The van der Waals surface area contributed by atoms with Gasteiger partial charge < -0.3 is 9.64 Å². The van der Waals surface area contributed by atoms with E-state index in [1.54, 1.807) is 0 Å². The first-order valence-corrected chi connectivity index (χ1v) is 3.71. The first-order chi connectivity index (χ1) is 4.77. The van der Waals surface area contributed by atoms with Gasteiger partial charge in [-0.1, -0.05) is 0 Å². The lowest BCUT2D eigenvalue weighted by Crippen LogP contribution is -2.39. The molecule has 0 aromatic rings. The molecule has 2 unspecified atom stereocenters. The van der Waals surface area contributed by atoms with Crippen molar-refractivity contribution in [3.8, 4) is 0 Å². The van der Waals surface area contributed by atoms with Crippen LogP contribution < -0.4 is 0 Å². The highest BCUT2D eigenvalue weighted by molar-refractivity contribution is 5.77. The summed E-state index contributed by atoms with van der Waals surface area (Å²) in [5.41, 5.74) is 0. The number of nitrogens with one attached hydrogen (secondary N) is 1. The quantitative estimate of drug-likeness (QED) is 0.392. The average molecular weight is 140 g/mol. The molecule has 3 heteroatoms. The summed E-state index contributed by atoms with van der Waals surface area (Å²) in [4.78, 5) is 2.13. The zero-order valence-corrected chi connectivity index (χ0v) is 6.13. The van der Waals surface area contributed by atoms with Gasteiger partial charge in [0.15, 0.2) is 0 Å². The number of nitrogens with zero attached hydrogens (tertiary/aromatic N) is 1. The molecule has 2 atom stereocenters. The molecule has 0 saturated carbocycles. The summed E-state index contributed by atoms with van der Waals surface area (Å²) >= 11 is 0. The Balaban J connectivity index is 2.08. The summed E-state index contributed by atoms with van der Waals surface area (Å²) in [7, 11) is 0. The van der Waals surface area contributed by atoms with Crippen molar-refractivity contribution in [1.29, 1.82) is 5.41 Å². The second-order valence-corrected chi connectivity index (χ2v) is 3.08. The summed E-state index contributed by atoms with van der Waals surface area (Å²) in [5, 5.41) is 7.42. The van der Waals surface area contributed by atoms with Crippen molar-refractivity contribution in [2.75, 3.05) is 13.2 Å². The number of morpholine rings is 1. The summed E-state index contributed by atoms with van der Waals surface area (Å²) in [6, 6.07) is 0.516. The largest absolute Gasteiger partial charge is 0.374 e. The Morgan fingerprint density at radius 2 is 2.50 bits per heavy atom. The predicted octanol–water partition coefficient (Wildman–Crippen LogP) is 0.457. The van der Waals surface area contributed by atoms with Gasteiger partial charge in [-0.05, 0) is 13.3 Å². The van der Waals surface area contributed by atoms with Crippen molar-refractivity contribution >= 4 is 5.84 Å². The van der Waals surface area contributed by atoms with Crippen LogP contribution in [0.3, 0.4) is 0 Å². The molecule has 0 amide bonds. The SMILES string of the molecule is CC(=N)N1CC2CC1CO2. The Hall–Kier alpha value is -0.570. The molecule has 2 rings (SSSR count). The van der Waals surface area contributed by atoms with Crippen molar-refractivity contribution in [1.82, 2.24) is 4.90 Å². The van der Waals surface area contributed by atoms with Crippen LogP contribution in [0, 0.1) is 5.41 Å². The van der Waals surface area contributed by atoms with E-state index in [0.29, 0.717) is 18.0 Å². The van der Waals surface area contributed by atoms with Crippen LogP contribution >= 0.6 is 0 Å². The van der Waals surface area contributed by atoms with Crippen LogP contribution in [0.15, 0.2) is 0 Å². The van der Waals surface area contributed by atoms with Crippen molar-refractivity contribution in [2.45, 2.75) is 25.5 Å². The van der Waals surface area contributed by atoms with Gasteiger partial charge in [0.2, 0.25) is 0 Å². The second-order valence-electron chi connectivity index (χ2n) is 3.08. The fraction of sp³-hybridized carbons (Fsp3) is 0.857. The molecule has 0 aliphatic carbocycles. The van der Waals surface area contributed by atoms with Crippen LogP contribution in [-0.2, 0) is 4.74 Å². The maximum absolute atomic E-state index is 7.42. The Bertz CT molecular complexity index is 169. The van der Waals surface area contributed by atoms with Crippen molar-refractivity contribution in [3.05, 3.63) is 0 Å². The summed E-state index contributed by atoms with van der Waals surface area (Å²) in [6.07, 6.45) is 1.56. The lowest BCUT2D eigenvalue weighted by molar-refractivity contribution is 0.0562. The molecule has 0 spiro atoms. The molecule has 2 fully saturated rings. The van der Waals surface area contributed by atoms with Crippen LogP contribution in [0.5, 0.6) is 0 Å². The highest BCUT2D eigenvalue weighted by Gasteiger charge is 2.38. The Labute approximate surface area is 60.5 Å². The summed E-state index contributed by atoms with van der Waals surface area (Å²) < 4.78 is 5.39. The minimum absolute atomic E-state index is 0.422. The van der Waals surface area contributed by atoms with Gasteiger partial charge in [0, 0.05) is 6.54 Å². The number of hydrogen-bond acceptors (Lipinski definition) is 2. The van der Waals surface area contributed by atoms with Crippen LogP contribution in [0.4, 0.5) is 0 Å². The fourth-order valence-electron chi connectivity index (χ4n) is 1.81. The molecule has 2 aliphatic heterocycles. The third-order valence-electron chi connectivity index (χ3n) is 2.33. The van der Waals surface area contributed by atoms with Crippen molar-refractivity contribution < 1.29 is 4.74 Å². The van der Waals surface area contributed by atoms with Crippen LogP contribution in [0.25, 0.3) is 0 Å². The molecule has 0 aromatic carbocycles. The minimum Gasteiger partial charge on any atom is -0.374 e. The smallest absolute Gasteiger partial charge is 0.0930 e. The van der Waals surface area contributed by atoms with E-state index in [2.05, 4.69) is 4.90 Å². The second kappa shape index (κ2) is 1.95. The van der Waals surface area contributed by atoms with Crippen molar-refractivity contribution in [3.63, 3.8) is 0 Å². The maximum Gasteiger partial charge on any atom is 0.0930 e. The van der Waals surface area contributed by atoms with Gasteiger partial charge in [-0.3, -0.25) is 5.41 Å². The average Bonchev–Trinajstić information content (AvgIpc) is 2.44. The number of hydrogen-bond donors (Lipinski definition) is 1. The minimum atomic E-state index is 0.422. The number of likely N-dealkylation sites (tertiary alicyclic amines) is 1. The van der Waals surface area contributed by atoms with Gasteiger partial charge in [-0.2, -0.15) is 0 Å². The molecular weight excluding hydrogens is 128 g/mol. The van der Waals surface area contributed by atoms with E-state index < -0.39 is 0 Å². The number of fused-ring (bicyclic) bond motifs is 2. The zero-order chi connectivity index (χ0) is 7.14. The lowest BCUT2D eigenvalue weighted by atomic mass is 10.2. The first kappa shape index (κ1) is 6.16. The molecule has 3 nitrogen and oxygen atoms in total. The topological polar surface area (TPSA) is 36.3 Å². The third kappa shape index (κ3) is 0.736. The molecular formula is C7H12N2O.